The second-order valence-corrected chi connectivity index (χ2v) is 5.53. The minimum absolute atomic E-state index is 0.396. The SMILES string of the molecule is CCc1ccc(C(C)(Nc2ccc(C)cc2)C(N)=O)cc1. The van der Waals surface area contributed by atoms with Crippen LogP contribution in [0.3, 0.4) is 0 Å². The highest BCUT2D eigenvalue weighted by Gasteiger charge is 2.33. The first kappa shape index (κ1) is 15.1. The maximum absolute atomic E-state index is 12.0. The van der Waals surface area contributed by atoms with Crippen molar-refractivity contribution in [2.45, 2.75) is 32.7 Å². The van der Waals surface area contributed by atoms with Gasteiger partial charge in [-0.2, -0.15) is 0 Å². The largest absolute Gasteiger partial charge is 0.368 e. The molecule has 0 radical (unpaired) electrons. The van der Waals surface area contributed by atoms with Gasteiger partial charge >= 0.3 is 0 Å². The molecule has 1 atom stereocenters. The number of carbonyl (C=O) groups excluding carboxylic acids is 1. The van der Waals surface area contributed by atoms with E-state index in [1.54, 1.807) is 0 Å². The number of amides is 1. The third kappa shape index (κ3) is 3.24. The summed E-state index contributed by atoms with van der Waals surface area (Å²) >= 11 is 0. The molecule has 2 rings (SSSR count). The highest BCUT2D eigenvalue weighted by Crippen LogP contribution is 2.26. The van der Waals surface area contributed by atoms with Crippen LogP contribution in [0.5, 0.6) is 0 Å². The summed E-state index contributed by atoms with van der Waals surface area (Å²) in [4.78, 5) is 12.0. The molecular formula is C18H22N2O. The van der Waals surface area contributed by atoms with Crippen molar-refractivity contribution in [1.29, 1.82) is 0 Å². The number of primary amides is 1. The van der Waals surface area contributed by atoms with Gasteiger partial charge in [0.1, 0.15) is 5.54 Å². The van der Waals surface area contributed by atoms with Crippen LogP contribution in [0.1, 0.15) is 30.5 Å². The summed E-state index contributed by atoms with van der Waals surface area (Å²) < 4.78 is 0. The van der Waals surface area contributed by atoms with E-state index < -0.39 is 11.4 Å². The topological polar surface area (TPSA) is 55.1 Å². The molecule has 2 aromatic carbocycles. The van der Waals surface area contributed by atoms with Crippen LogP contribution in [0.15, 0.2) is 48.5 Å². The third-order valence-electron chi connectivity index (χ3n) is 3.88. The maximum Gasteiger partial charge on any atom is 0.247 e. The van der Waals surface area contributed by atoms with E-state index in [9.17, 15) is 4.79 Å². The molecule has 2 aromatic rings. The van der Waals surface area contributed by atoms with Gasteiger partial charge in [-0.3, -0.25) is 4.79 Å². The van der Waals surface area contributed by atoms with Crippen molar-refractivity contribution in [3.8, 4) is 0 Å². The minimum atomic E-state index is -0.929. The molecule has 3 N–H and O–H groups in total. The molecule has 0 saturated heterocycles. The van der Waals surface area contributed by atoms with Crippen LogP contribution in [0.2, 0.25) is 0 Å². The van der Waals surface area contributed by atoms with E-state index in [0.717, 1.165) is 17.7 Å². The normalized spacial score (nSPS) is 13.5. The predicted octanol–water partition coefficient (Wildman–Crippen LogP) is 3.37. The molecule has 0 heterocycles. The predicted molar refractivity (Wildman–Crippen MR) is 87.2 cm³/mol. The van der Waals surface area contributed by atoms with Crippen molar-refractivity contribution >= 4 is 11.6 Å². The molecule has 1 unspecified atom stereocenters. The Kier molecular flexibility index (Phi) is 4.32. The Balaban J connectivity index is 2.34. The summed E-state index contributed by atoms with van der Waals surface area (Å²) in [5.41, 5.74) is 8.88. The van der Waals surface area contributed by atoms with Crippen molar-refractivity contribution < 1.29 is 4.79 Å². The average molecular weight is 282 g/mol. The number of hydrogen-bond acceptors (Lipinski definition) is 2. The molecule has 3 nitrogen and oxygen atoms in total. The lowest BCUT2D eigenvalue weighted by atomic mass is 9.90. The Labute approximate surface area is 126 Å². The monoisotopic (exact) mass is 282 g/mol. The van der Waals surface area contributed by atoms with E-state index in [1.165, 1.54) is 11.1 Å². The van der Waals surface area contributed by atoms with Crippen LogP contribution in [-0.4, -0.2) is 5.91 Å². The van der Waals surface area contributed by atoms with Crippen molar-refractivity contribution in [2.24, 2.45) is 5.73 Å². The van der Waals surface area contributed by atoms with Crippen LogP contribution in [0, 0.1) is 6.92 Å². The molecule has 0 aliphatic heterocycles. The Morgan fingerprint density at radius 3 is 2.14 bits per heavy atom. The fraction of sp³-hybridized carbons (Fsp3) is 0.278. The number of carbonyl (C=O) groups is 1. The quantitative estimate of drug-likeness (QED) is 0.883. The number of rotatable bonds is 5. The van der Waals surface area contributed by atoms with Gasteiger partial charge in [-0.15, -0.1) is 0 Å². The standard InChI is InChI=1S/C18H22N2O/c1-4-14-7-9-15(10-8-14)18(3,17(19)21)20-16-11-5-13(2)6-12-16/h5-12,20H,4H2,1-3H3,(H2,19,21). The van der Waals surface area contributed by atoms with Gasteiger partial charge in [-0.25, -0.2) is 0 Å². The lowest BCUT2D eigenvalue weighted by Gasteiger charge is -2.29. The Bertz CT molecular complexity index is 617. The molecule has 0 aromatic heterocycles. The molecule has 110 valence electrons. The van der Waals surface area contributed by atoms with Gasteiger partial charge in [-0.1, -0.05) is 48.9 Å². The molecule has 1 amide bonds. The highest BCUT2D eigenvalue weighted by molar-refractivity contribution is 5.89. The van der Waals surface area contributed by atoms with Gasteiger partial charge in [0.25, 0.3) is 0 Å². The molecule has 0 fully saturated rings. The molecule has 21 heavy (non-hydrogen) atoms. The van der Waals surface area contributed by atoms with Gasteiger partial charge in [0.05, 0.1) is 0 Å². The van der Waals surface area contributed by atoms with E-state index in [1.807, 2.05) is 62.4 Å². The van der Waals surface area contributed by atoms with Crippen molar-refractivity contribution in [3.05, 3.63) is 65.2 Å². The van der Waals surface area contributed by atoms with Crippen LogP contribution in [-0.2, 0) is 16.8 Å². The molecule has 0 bridgehead atoms. The third-order valence-corrected chi connectivity index (χ3v) is 3.88. The average Bonchev–Trinajstić information content (AvgIpc) is 2.49. The Morgan fingerprint density at radius 2 is 1.67 bits per heavy atom. The van der Waals surface area contributed by atoms with Crippen molar-refractivity contribution in [3.63, 3.8) is 0 Å². The van der Waals surface area contributed by atoms with Crippen LogP contribution < -0.4 is 11.1 Å². The molecule has 0 aliphatic carbocycles. The highest BCUT2D eigenvalue weighted by atomic mass is 16.1. The second-order valence-electron chi connectivity index (χ2n) is 5.53. The lowest BCUT2D eigenvalue weighted by molar-refractivity contribution is -0.122. The summed E-state index contributed by atoms with van der Waals surface area (Å²) in [6.07, 6.45) is 0.971. The summed E-state index contributed by atoms with van der Waals surface area (Å²) in [6.45, 7) is 5.95. The number of aryl methyl sites for hydroxylation is 2. The Hall–Kier alpha value is -2.29. The zero-order chi connectivity index (χ0) is 15.5. The van der Waals surface area contributed by atoms with Gasteiger partial charge in [-0.05, 0) is 43.5 Å². The van der Waals surface area contributed by atoms with Crippen molar-refractivity contribution in [1.82, 2.24) is 0 Å². The first-order chi connectivity index (χ1) is 9.95. The summed E-state index contributed by atoms with van der Waals surface area (Å²) in [5.74, 6) is -0.396. The van der Waals surface area contributed by atoms with Gasteiger partial charge < -0.3 is 11.1 Å². The number of nitrogens with one attached hydrogen (secondary N) is 1. The van der Waals surface area contributed by atoms with Crippen LogP contribution >= 0.6 is 0 Å². The fourth-order valence-electron chi connectivity index (χ4n) is 2.28. The first-order valence-electron chi connectivity index (χ1n) is 7.20. The first-order valence-corrected chi connectivity index (χ1v) is 7.20. The van der Waals surface area contributed by atoms with Gasteiger partial charge in [0.15, 0.2) is 0 Å². The molecular weight excluding hydrogens is 260 g/mol. The summed E-state index contributed by atoms with van der Waals surface area (Å²) in [7, 11) is 0. The zero-order valence-corrected chi connectivity index (χ0v) is 12.8. The minimum Gasteiger partial charge on any atom is -0.368 e. The molecule has 0 aliphatic rings. The number of benzene rings is 2. The van der Waals surface area contributed by atoms with E-state index >= 15 is 0 Å². The fourth-order valence-corrected chi connectivity index (χ4v) is 2.28. The summed E-state index contributed by atoms with van der Waals surface area (Å²) in [6, 6.07) is 15.9. The summed E-state index contributed by atoms with van der Waals surface area (Å²) in [5, 5.41) is 3.26. The number of hydrogen-bond donors (Lipinski definition) is 2. The van der Waals surface area contributed by atoms with E-state index in [-0.39, 0.29) is 0 Å². The van der Waals surface area contributed by atoms with E-state index in [4.69, 9.17) is 5.73 Å². The van der Waals surface area contributed by atoms with Crippen LogP contribution in [0.25, 0.3) is 0 Å². The number of nitrogens with two attached hydrogens (primary N) is 1. The van der Waals surface area contributed by atoms with Crippen molar-refractivity contribution in [2.75, 3.05) is 5.32 Å². The zero-order valence-electron chi connectivity index (χ0n) is 12.8. The smallest absolute Gasteiger partial charge is 0.247 e. The maximum atomic E-state index is 12.0. The van der Waals surface area contributed by atoms with E-state index in [0.29, 0.717) is 0 Å². The molecule has 0 saturated carbocycles. The van der Waals surface area contributed by atoms with E-state index in [2.05, 4.69) is 12.2 Å². The van der Waals surface area contributed by atoms with Gasteiger partial charge in [0, 0.05) is 5.69 Å². The molecule has 3 heteroatoms. The number of anilines is 1. The Morgan fingerprint density at radius 1 is 1.10 bits per heavy atom. The van der Waals surface area contributed by atoms with Gasteiger partial charge in [0.2, 0.25) is 5.91 Å². The second kappa shape index (κ2) is 6.00. The lowest BCUT2D eigenvalue weighted by Crippen LogP contribution is -2.45. The van der Waals surface area contributed by atoms with Crippen LogP contribution in [0.4, 0.5) is 5.69 Å². The molecule has 0 spiro atoms.